The van der Waals surface area contributed by atoms with Crippen molar-refractivity contribution in [2.75, 3.05) is 17.7 Å². The van der Waals surface area contributed by atoms with Crippen LogP contribution in [0.1, 0.15) is 11.1 Å². The number of halogens is 2. The lowest BCUT2D eigenvalue weighted by atomic mass is 10.1. The van der Waals surface area contributed by atoms with Gasteiger partial charge in [0.05, 0.1) is 33.3 Å². The lowest BCUT2D eigenvalue weighted by Crippen LogP contribution is -2.21. The van der Waals surface area contributed by atoms with Gasteiger partial charge in [0.2, 0.25) is 5.91 Å². The highest BCUT2D eigenvalue weighted by atomic mass is 35.5. The number of nitrogens with one attached hydrogen (secondary N) is 1. The molecular formula is C19H16Cl2N2O3S. The second-order valence-electron chi connectivity index (χ2n) is 6.40. The maximum Gasteiger partial charge on any atom is 0.228 e. The predicted molar refractivity (Wildman–Crippen MR) is 110 cm³/mol. The van der Waals surface area contributed by atoms with Gasteiger partial charge < -0.3 is 15.2 Å². The number of carbonyl (C=O) groups is 1. The van der Waals surface area contributed by atoms with Crippen LogP contribution in [-0.2, 0) is 17.6 Å². The van der Waals surface area contributed by atoms with Gasteiger partial charge in [-0.05, 0) is 41.5 Å². The maximum atomic E-state index is 11.4. The molecule has 0 saturated heterocycles. The Bertz CT molecular complexity index is 949. The topological polar surface area (TPSA) is 70.9 Å². The highest BCUT2D eigenvalue weighted by Gasteiger charge is 2.20. The van der Waals surface area contributed by atoms with Crippen LogP contribution in [0.25, 0.3) is 0 Å². The molecule has 4 rings (SSSR count). The van der Waals surface area contributed by atoms with Crippen LogP contribution in [0.4, 0.5) is 11.4 Å². The van der Waals surface area contributed by atoms with Gasteiger partial charge in [-0.1, -0.05) is 23.2 Å². The average molecular weight is 423 g/mol. The third kappa shape index (κ3) is 4.24. The van der Waals surface area contributed by atoms with E-state index in [0.717, 1.165) is 27.5 Å². The smallest absolute Gasteiger partial charge is 0.228 e. The number of hydrogen-bond donors (Lipinski definition) is 2. The lowest BCUT2D eigenvalue weighted by Gasteiger charge is -2.12. The summed E-state index contributed by atoms with van der Waals surface area (Å²) in [7, 11) is 0. The monoisotopic (exact) mass is 422 g/mol. The molecule has 0 aliphatic carbocycles. The Kier molecular flexibility index (Phi) is 5.32. The number of ether oxygens (including phenoxy) is 1. The van der Waals surface area contributed by atoms with Crippen LogP contribution < -0.4 is 10.1 Å². The normalized spacial score (nSPS) is 15.8. The van der Waals surface area contributed by atoms with Crippen LogP contribution in [-0.4, -0.2) is 34.5 Å². The molecule has 1 atom stereocenters. The highest BCUT2D eigenvalue weighted by molar-refractivity contribution is 8.14. The molecule has 2 heterocycles. The molecule has 140 valence electrons. The molecule has 1 amide bonds. The zero-order valence-corrected chi connectivity index (χ0v) is 16.5. The number of thioether (sulfide) groups is 1. The van der Waals surface area contributed by atoms with E-state index in [9.17, 15) is 9.90 Å². The summed E-state index contributed by atoms with van der Waals surface area (Å²) >= 11 is 13.6. The Morgan fingerprint density at radius 1 is 1.19 bits per heavy atom. The van der Waals surface area contributed by atoms with Crippen LogP contribution in [0.15, 0.2) is 35.3 Å². The molecule has 2 N–H and O–H groups in total. The van der Waals surface area contributed by atoms with Gasteiger partial charge in [-0.25, -0.2) is 4.99 Å². The molecule has 5 nitrogen and oxygen atoms in total. The standard InChI is InChI=1S/C19H16Cl2N2O3S/c20-14-4-11-6-19(23-17(11)7-15(14)21)27-9-12(24)8-26-13-1-2-16-10(3-13)5-18(25)22-16/h1-4,7,12,24H,5-6,8-9H2,(H,22,25)/t12-/m1/s1. The highest BCUT2D eigenvalue weighted by Crippen LogP contribution is 2.36. The second-order valence-corrected chi connectivity index (χ2v) is 8.30. The number of aliphatic imine (C=N–C) groups is 1. The number of anilines is 1. The zero-order chi connectivity index (χ0) is 19.0. The number of amides is 1. The zero-order valence-electron chi connectivity index (χ0n) is 14.2. The maximum absolute atomic E-state index is 11.4. The minimum atomic E-state index is -0.637. The molecule has 2 aliphatic rings. The molecule has 0 radical (unpaired) electrons. The van der Waals surface area contributed by atoms with Gasteiger partial charge in [-0.3, -0.25) is 4.79 Å². The van der Waals surface area contributed by atoms with E-state index >= 15 is 0 Å². The van der Waals surface area contributed by atoms with E-state index in [4.69, 9.17) is 27.9 Å². The molecule has 0 saturated carbocycles. The van der Waals surface area contributed by atoms with E-state index in [1.807, 2.05) is 18.2 Å². The van der Waals surface area contributed by atoms with Crippen LogP contribution >= 0.6 is 35.0 Å². The molecule has 8 heteroatoms. The van der Waals surface area contributed by atoms with Gasteiger partial charge in [0, 0.05) is 17.9 Å². The largest absolute Gasteiger partial charge is 0.491 e. The molecule has 2 aromatic rings. The SMILES string of the molecule is O=C1Cc2cc(OC[C@@H](O)CSC3=Nc4cc(Cl)c(Cl)cc4C3)ccc2N1. The molecule has 0 bridgehead atoms. The van der Waals surface area contributed by atoms with Crippen molar-refractivity contribution in [3.63, 3.8) is 0 Å². The minimum Gasteiger partial charge on any atom is -0.491 e. The quantitative estimate of drug-likeness (QED) is 0.755. The first-order chi connectivity index (χ1) is 13.0. The number of hydrogen-bond acceptors (Lipinski definition) is 5. The van der Waals surface area contributed by atoms with Gasteiger partial charge in [-0.2, -0.15) is 0 Å². The van der Waals surface area contributed by atoms with E-state index in [1.54, 1.807) is 12.1 Å². The predicted octanol–water partition coefficient (Wildman–Crippen LogP) is 4.25. The molecule has 0 fully saturated rings. The Morgan fingerprint density at radius 3 is 2.85 bits per heavy atom. The third-order valence-electron chi connectivity index (χ3n) is 4.29. The summed E-state index contributed by atoms with van der Waals surface area (Å²) in [6.45, 7) is 0.172. The second kappa shape index (κ2) is 7.72. The number of aliphatic hydroxyl groups is 1. The van der Waals surface area contributed by atoms with Crippen molar-refractivity contribution in [1.29, 1.82) is 0 Å². The van der Waals surface area contributed by atoms with E-state index in [0.29, 0.717) is 34.4 Å². The van der Waals surface area contributed by atoms with Gasteiger partial charge in [0.15, 0.2) is 0 Å². The number of rotatable bonds is 5. The Hall–Kier alpha value is -1.73. The Labute approximate surface area is 170 Å². The fourth-order valence-corrected chi connectivity index (χ4v) is 4.22. The van der Waals surface area contributed by atoms with E-state index in [2.05, 4.69) is 10.3 Å². The summed E-state index contributed by atoms with van der Waals surface area (Å²) in [6, 6.07) is 9.04. The summed E-state index contributed by atoms with van der Waals surface area (Å²) in [4.78, 5) is 15.9. The van der Waals surface area contributed by atoms with Gasteiger partial charge in [0.25, 0.3) is 0 Å². The lowest BCUT2D eigenvalue weighted by molar-refractivity contribution is -0.115. The number of nitrogens with zero attached hydrogens (tertiary/aromatic N) is 1. The van der Waals surface area contributed by atoms with Crippen molar-refractivity contribution >= 4 is 57.3 Å². The van der Waals surface area contributed by atoms with E-state index in [-0.39, 0.29) is 12.5 Å². The Balaban J connectivity index is 1.27. The van der Waals surface area contributed by atoms with Crippen molar-refractivity contribution in [2.24, 2.45) is 4.99 Å². The fourth-order valence-electron chi connectivity index (χ4n) is 2.97. The van der Waals surface area contributed by atoms with Crippen molar-refractivity contribution in [3.8, 4) is 5.75 Å². The van der Waals surface area contributed by atoms with Crippen molar-refractivity contribution in [2.45, 2.75) is 18.9 Å². The molecule has 0 unspecified atom stereocenters. The molecule has 0 spiro atoms. The number of benzene rings is 2. The fraction of sp³-hybridized carbons (Fsp3) is 0.263. The van der Waals surface area contributed by atoms with Gasteiger partial charge in [0.1, 0.15) is 12.4 Å². The molecule has 2 aromatic carbocycles. The van der Waals surface area contributed by atoms with Crippen LogP contribution in [0.5, 0.6) is 5.75 Å². The Morgan fingerprint density at radius 2 is 2.00 bits per heavy atom. The van der Waals surface area contributed by atoms with E-state index in [1.165, 1.54) is 11.8 Å². The third-order valence-corrected chi connectivity index (χ3v) is 6.14. The summed E-state index contributed by atoms with van der Waals surface area (Å²) in [5, 5.41) is 14.9. The van der Waals surface area contributed by atoms with Gasteiger partial charge in [-0.15, -0.1) is 11.8 Å². The van der Waals surface area contributed by atoms with Gasteiger partial charge >= 0.3 is 0 Å². The van der Waals surface area contributed by atoms with Crippen LogP contribution in [0.3, 0.4) is 0 Å². The van der Waals surface area contributed by atoms with Crippen LogP contribution in [0, 0.1) is 0 Å². The summed E-state index contributed by atoms with van der Waals surface area (Å²) in [5.41, 5.74) is 3.61. The van der Waals surface area contributed by atoms with Crippen LogP contribution in [0.2, 0.25) is 10.0 Å². The number of fused-ring (bicyclic) bond motifs is 2. The minimum absolute atomic E-state index is 0.0144. The molecule has 2 aliphatic heterocycles. The number of carbonyl (C=O) groups excluding carboxylic acids is 1. The first kappa shape index (κ1) is 18.6. The van der Waals surface area contributed by atoms with E-state index < -0.39 is 6.10 Å². The summed E-state index contributed by atoms with van der Waals surface area (Å²) < 4.78 is 5.66. The first-order valence-electron chi connectivity index (χ1n) is 8.40. The van der Waals surface area contributed by atoms with Crippen molar-refractivity contribution < 1.29 is 14.6 Å². The summed E-state index contributed by atoms with van der Waals surface area (Å²) in [6.07, 6.45) is 0.414. The van der Waals surface area contributed by atoms with Crippen molar-refractivity contribution in [3.05, 3.63) is 51.5 Å². The molecule has 27 heavy (non-hydrogen) atoms. The molecular weight excluding hydrogens is 407 g/mol. The molecule has 0 aromatic heterocycles. The average Bonchev–Trinajstić information content (AvgIpc) is 3.19. The summed E-state index contributed by atoms with van der Waals surface area (Å²) in [5.74, 6) is 1.10. The first-order valence-corrected chi connectivity index (χ1v) is 10.1. The number of aliphatic hydroxyl groups excluding tert-OH is 1. The van der Waals surface area contributed by atoms with Crippen molar-refractivity contribution in [1.82, 2.24) is 0 Å².